The lowest BCUT2D eigenvalue weighted by molar-refractivity contribution is 0.102. The first kappa shape index (κ1) is 18.5. The molecular formula is C19H18N4O3S. The van der Waals surface area contributed by atoms with Gasteiger partial charge in [0.05, 0.1) is 10.5 Å². The van der Waals surface area contributed by atoms with Crippen LogP contribution < -0.4 is 10.0 Å². The summed E-state index contributed by atoms with van der Waals surface area (Å²) < 4.78 is 27.0. The molecule has 0 radical (unpaired) electrons. The second kappa shape index (κ2) is 7.55. The van der Waals surface area contributed by atoms with Gasteiger partial charge in [-0.3, -0.25) is 4.79 Å². The summed E-state index contributed by atoms with van der Waals surface area (Å²) >= 11 is 0. The Hall–Kier alpha value is -3.26. The third-order valence-electron chi connectivity index (χ3n) is 3.75. The van der Waals surface area contributed by atoms with Crippen LogP contribution >= 0.6 is 0 Å². The molecule has 0 bridgehead atoms. The van der Waals surface area contributed by atoms with Crippen molar-refractivity contribution in [1.82, 2.24) is 9.97 Å². The lowest BCUT2D eigenvalue weighted by Crippen LogP contribution is -2.17. The van der Waals surface area contributed by atoms with Crippen LogP contribution in [0.4, 0.5) is 11.6 Å². The molecule has 0 unspecified atom stereocenters. The van der Waals surface area contributed by atoms with E-state index < -0.39 is 10.0 Å². The standard InChI is InChI=1S/C19H18N4O3S/c1-13-6-8-17(9-7-13)27(25,26)23-19-20-11-15(12-21-19)18(24)22-16-5-3-4-14(2)10-16/h3-12H,1-2H3,(H,22,24)(H,20,21,23). The van der Waals surface area contributed by atoms with Crippen LogP contribution in [0.15, 0.2) is 65.8 Å². The minimum Gasteiger partial charge on any atom is -0.322 e. The maximum atomic E-state index is 12.3. The highest BCUT2D eigenvalue weighted by Gasteiger charge is 2.16. The van der Waals surface area contributed by atoms with Crippen LogP contribution in [0.3, 0.4) is 0 Å². The van der Waals surface area contributed by atoms with Crippen molar-refractivity contribution < 1.29 is 13.2 Å². The van der Waals surface area contributed by atoms with Gasteiger partial charge in [0, 0.05) is 18.1 Å². The monoisotopic (exact) mass is 382 g/mol. The van der Waals surface area contributed by atoms with Gasteiger partial charge >= 0.3 is 0 Å². The molecular weight excluding hydrogens is 364 g/mol. The second-order valence-electron chi connectivity index (χ2n) is 6.04. The Kier molecular flexibility index (Phi) is 5.18. The van der Waals surface area contributed by atoms with E-state index in [4.69, 9.17) is 0 Å². The fraction of sp³-hybridized carbons (Fsp3) is 0.105. The normalized spacial score (nSPS) is 11.0. The number of rotatable bonds is 5. The maximum Gasteiger partial charge on any atom is 0.264 e. The van der Waals surface area contributed by atoms with Crippen LogP contribution in [0, 0.1) is 13.8 Å². The van der Waals surface area contributed by atoms with Crippen molar-refractivity contribution in [3.63, 3.8) is 0 Å². The molecule has 2 N–H and O–H groups in total. The number of hydrogen-bond acceptors (Lipinski definition) is 5. The molecule has 0 aliphatic rings. The number of anilines is 2. The molecule has 2 aromatic carbocycles. The lowest BCUT2D eigenvalue weighted by Gasteiger charge is -2.08. The summed E-state index contributed by atoms with van der Waals surface area (Å²) in [7, 11) is -3.79. The molecule has 0 saturated heterocycles. The Morgan fingerprint density at radius 3 is 2.22 bits per heavy atom. The van der Waals surface area contributed by atoms with Crippen LogP contribution in [-0.2, 0) is 10.0 Å². The second-order valence-corrected chi connectivity index (χ2v) is 7.72. The van der Waals surface area contributed by atoms with Gasteiger partial charge in [-0.15, -0.1) is 0 Å². The minimum atomic E-state index is -3.79. The molecule has 0 spiro atoms. The SMILES string of the molecule is Cc1ccc(S(=O)(=O)Nc2ncc(C(=O)Nc3cccc(C)c3)cn2)cc1. The predicted octanol–water partition coefficient (Wildman–Crippen LogP) is 3.15. The number of hydrogen-bond donors (Lipinski definition) is 2. The highest BCUT2D eigenvalue weighted by molar-refractivity contribution is 7.92. The molecule has 3 aromatic rings. The van der Waals surface area contributed by atoms with Gasteiger partial charge in [-0.05, 0) is 43.7 Å². The molecule has 0 aliphatic heterocycles. The topological polar surface area (TPSA) is 101 Å². The average molecular weight is 382 g/mol. The van der Waals surface area contributed by atoms with Crippen LogP contribution in [0.25, 0.3) is 0 Å². The van der Waals surface area contributed by atoms with Crippen molar-refractivity contribution in [3.05, 3.63) is 77.6 Å². The third-order valence-corrected chi connectivity index (χ3v) is 5.09. The average Bonchev–Trinajstić information content (AvgIpc) is 2.62. The molecule has 27 heavy (non-hydrogen) atoms. The molecule has 1 aromatic heterocycles. The molecule has 0 fully saturated rings. The van der Waals surface area contributed by atoms with E-state index in [2.05, 4.69) is 20.0 Å². The zero-order valence-corrected chi connectivity index (χ0v) is 15.6. The summed E-state index contributed by atoms with van der Waals surface area (Å²) in [4.78, 5) is 20.2. The Morgan fingerprint density at radius 2 is 1.59 bits per heavy atom. The van der Waals surface area contributed by atoms with Crippen molar-refractivity contribution >= 4 is 27.6 Å². The summed E-state index contributed by atoms with van der Waals surface area (Å²) in [6, 6.07) is 13.8. The smallest absolute Gasteiger partial charge is 0.264 e. The van der Waals surface area contributed by atoms with Gasteiger partial charge in [-0.25, -0.2) is 23.1 Å². The number of amides is 1. The van der Waals surface area contributed by atoms with Gasteiger partial charge in [-0.1, -0.05) is 29.8 Å². The maximum absolute atomic E-state index is 12.3. The number of nitrogens with zero attached hydrogens (tertiary/aromatic N) is 2. The number of carbonyl (C=O) groups excluding carboxylic acids is 1. The summed E-state index contributed by atoms with van der Waals surface area (Å²) in [5, 5.41) is 2.74. The number of nitrogens with one attached hydrogen (secondary N) is 2. The summed E-state index contributed by atoms with van der Waals surface area (Å²) in [5.41, 5.74) is 2.85. The Morgan fingerprint density at radius 1 is 0.926 bits per heavy atom. The molecule has 8 heteroatoms. The predicted molar refractivity (Wildman–Crippen MR) is 103 cm³/mol. The van der Waals surface area contributed by atoms with Gasteiger partial charge in [0.1, 0.15) is 0 Å². The molecule has 138 valence electrons. The quantitative estimate of drug-likeness (QED) is 0.706. The molecule has 0 atom stereocenters. The molecule has 1 heterocycles. The Balaban J connectivity index is 1.71. The summed E-state index contributed by atoms with van der Waals surface area (Å²) in [5.74, 6) is -0.490. The Bertz CT molecular complexity index is 1060. The van der Waals surface area contributed by atoms with E-state index in [1.54, 1.807) is 18.2 Å². The molecule has 7 nitrogen and oxygen atoms in total. The van der Waals surface area contributed by atoms with E-state index in [1.807, 2.05) is 32.0 Å². The van der Waals surface area contributed by atoms with Crippen molar-refractivity contribution in [2.75, 3.05) is 10.0 Å². The van der Waals surface area contributed by atoms with Crippen LogP contribution in [0.2, 0.25) is 0 Å². The van der Waals surface area contributed by atoms with Gasteiger partial charge in [-0.2, -0.15) is 0 Å². The van der Waals surface area contributed by atoms with Gasteiger partial charge in [0.25, 0.3) is 15.9 Å². The van der Waals surface area contributed by atoms with Crippen molar-refractivity contribution in [1.29, 1.82) is 0 Å². The van der Waals surface area contributed by atoms with Crippen molar-refractivity contribution in [3.8, 4) is 0 Å². The van der Waals surface area contributed by atoms with E-state index in [-0.39, 0.29) is 22.3 Å². The van der Waals surface area contributed by atoms with Gasteiger partial charge in [0.2, 0.25) is 5.95 Å². The third kappa shape index (κ3) is 4.68. The van der Waals surface area contributed by atoms with E-state index in [1.165, 1.54) is 24.5 Å². The zero-order valence-electron chi connectivity index (χ0n) is 14.8. The lowest BCUT2D eigenvalue weighted by atomic mass is 10.2. The first-order valence-corrected chi connectivity index (χ1v) is 9.61. The fourth-order valence-corrected chi connectivity index (χ4v) is 3.28. The van der Waals surface area contributed by atoms with Crippen LogP contribution in [0.1, 0.15) is 21.5 Å². The number of benzene rings is 2. The number of aryl methyl sites for hydroxylation is 2. The van der Waals surface area contributed by atoms with Crippen molar-refractivity contribution in [2.45, 2.75) is 18.7 Å². The first-order valence-electron chi connectivity index (χ1n) is 8.13. The van der Waals surface area contributed by atoms with E-state index in [0.717, 1.165) is 11.1 Å². The zero-order chi connectivity index (χ0) is 19.4. The fourth-order valence-electron chi connectivity index (χ4n) is 2.32. The molecule has 3 rings (SSSR count). The summed E-state index contributed by atoms with van der Waals surface area (Å²) in [6.45, 7) is 3.79. The van der Waals surface area contributed by atoms with E-state index in [9.17, 15) is 13.2 Å². The van der Waals surface area contributed by atoms with E-state index >= 15 is 0 Å². The number of carbonyl (C=O) groups is 1. The summed E-state index contributed by atoms with van der Waals surface area (Å²) in [6.07, 6.45) is 2.54. The van der Waals surface area contributed by atoms with Crippen LogP contribution in [0.5, 0.6) is 0 Å². The first-order chi connectivity index (χ1) is 12.8. The highest BCUT2D eigenvalue weighted by atomic mass is 32.2. The van der Waals surface area contributed by atoms with Gasteiger partial charge < -0.3 is 5.32 Å². The highest BCUT2D eigenvalue weighted by Crippen LogP contribution is 2.15. The Labute approximate surface area is 157 Å². The minimum absolute atomic E-state index is 0.109. The molecule has 0 saturated carbocycles. The van der Waals surface area contributed by atoms with Crippen molar-refractivity contribution in [2.24, 2.45) is 0 Å². The molecule has 0 aliphatic carbocycles. The van der Waals surface area contributed by atoms with E-state index in [0.29, 0.717) is 5.69 Å². The number of aromatic nitrogens is 2. The largest absolute Gasteiger partial charge is 0.322 e. The molecule has 1 amide bonds. The van der Waals surface area contributed by atoms with Gasteiger partial charge in [0.15, 0.2) is 0 Å². The number of sulfonamides is 1. The van der Waals surface area contributed by atoms with Crippen LogP contribution in [-0.4, -0.2) is 24.3 Å².